The van der Waals surface area contributed by atoms with Crippen molar-refractivity contribution in [2.75, 3.05) is 0 Å². The van der Waals surface area contributed by atoms with Crippen molar-refractivity contribution < 1.29 is 9.84 Å². The van der Waals surface area contributed by atoms with Gasteiger partial charge in [-0.2, -0.15) is 0 Å². The summed E-state index contributed by atoms with van der Waals surface area (Å²) in [5.41, 5.74) is 1.82. The second-order valence-electron chi connectivity index (χ2n) is 4.12. The molecule has 1 heterocycles. The Morgan fingerprint density at radius 2 is 2.28 bits per heavy atom. The van der Waals surface area contributed by atoms with E-state index < -0.39 is 6.10 Å². The zero-order valence-corrected chi connectivity index (χ0v) is 11.4. The first-order valence-electron chi connectivity index (χ1n) is 6.03. The maximum absolute atomic E-state index is 9.50. The van der Waals surface area contributed by atoms with Crippen LogP contribution in [0.3, 0.4) is 0 Å². The number of aryl methyl sites for hydroxylation is 1. The van der Waals surface area contributed by atoms with Crippen LogP contribution in [-0.4, -0.2) is 10.1 Å². The average molecular weight is 263 g/mol. The molecule has 18 heavy (non-hydrogen) atoms. The highest BCUT2D eigenvalue weighted by molar-refractivity contribution is 7.09. The number of ether oxygens (including phenoxy) is 1. The molecule has 0 radical (unpaired) electrons. The quantitative estimate of drug-likeness (QED) is 0.899. The Morgan fingerprint density at radius 3 is 2.94 bits per heavy atom. The number of hydrogen-bond acceptors (Lipinski definition) is 4. The van der Waals surface area contributed by atoms with Gasteiger partial charge in [0.05, 0.1) is 16.8 Å². The van der Waals surface area contributed by atoms with Crippen LogP contribution < -0.4 is 4.74 Å². The first kappa shape index (κ1) is 13.1. The van der Waals surface area contributed by atoms with Crippen molar-refractivity contribution in [3.63, 3.8) is 0 Å². The van der Waals surface area contributed by atoms with Crippen molar-refractivity contribution in [3.8, 4) is 5.75 Å². The van der Waals surface area contributed by atoms with Gasteiger partial charge in [-0.05, 0) is 31.0 Å². The molecule has 1 N–H and O–H groups in total. The molecule has 2 aromatic rings. The molecule has 0 saturated carbocycles. The Balaban J connectivity index is 1.99. The van der Waals surface area contributed by atoms with Crippen molar-refractivity contribution >= 4 is 11.3 Å². The minimum absolute atomic E-state index is 0.472. The molecule has 1 unspecified atom stereocenters. The molecule has 0 amide bonds. The number of thiazole rings is 1. The molecule has 1 atom stereocenters. The van der Waals surface area contributed by atoms with E-state index in [1.807, 2.05) is 29.6 Å². The van der Waals surface area contributed by atoms with Gasteiger partial charge < -0.3 is 9.84 Å². The van der Waals surface area contributed by atoms with Crippen molar-refractivity contribution in [1.82, 2.24) is 4.98 Å². The van der Waals surface area contributed by atoms with Crippen LogP contribution in [-0.2, 0) is 13.0 Å². The molecule has 0 spiro atoms. The van der Waals surface area contributed by atoms with E-state index >= 15 is 0 Å². The summed E-state index contributed by atoms with van der Waals surface area (Å²) < 4.78 is 5.67. The smallest absolute Gasteiger partial charge is 0.131 e. The zero-order valence-electron chi connectivity index (χ0n) is 10.6. The molecule has 0 aliphatic rings. The fraction of sp³-hybridized carbons (Fsp3) is 0.357. The number of aromatic nitrogens is 1. The van der Waals surface area contributed by atoms with E-state index in [-0.39, 0.29) is 0 Å². The van der Waals surface area contributed by atoms with Crippen LogP contribution in [0.4, 0.5) is 0 Å². The van der Waals surface area contributed by atoms with Crippen LogP contribution in [0, 0.1) is 0 Å². The second-order valence-corrected chi connectivity index (χ2v) is 5.07. The van der Waals surface area contributed by atoms with E-state index in [0.717, 1.165) is 28.4 Å². The van der Waals surface area contributed by atoms with E-state index in [2.05, 4.69) is 11.9 Å². The molecule has 4 heteroatoms. The topological polar surface area (TPSA) is 42.4 Å². The summed E-state index contributed by atoms with van der Waals surface area (Å²) in [4.78, 5) is 4.45. The predicted molar refractivity (Wildman–Crippen MR) is 72.9 cm³/mol. The predicted octanol–water partition coefficient (Wildman–Crippen LogP) is 3.34. The Hall–Kier alpha value is -1.39. The largest absolute Gasteiger partial charge is 0.487 e. The molecular weight excluding hydrogens is 246 g/mol. The third-order valence-electron chi connectivity index (χ3n) is 2.63. The molecule has 1 aromatic heterocycles. The summed E-state index contributed by atoms with van der Waals surface area (Å²) in [6.45, 7) is 4.31. The summed E-state index contributed by atoms with van der Waals surface area (Å²) in [6.07, 6.45) is 0.488. The van der Waals surface area contributed by atoms with Gasteiger partial charge >= 0.3 is 0 Å². The van der Waals surface area contributed by atoms with Crippen LogP contribution in [0.25, 0.3) is 0 Å². The van der Waals surface area contributed by atoms with Gasteiger partial charge in [-0.15, -0.1) is 11.3 Å². The molecule has 96 valence electrons. The van der Waals surface area contributed by atoms with Crippen molar-refractivity contribution in [1.29, 1.82) is 0 Å². The van der Waals surface area contributed by atoms with Crippen LogP contribution in [0.2, 0.25) is 0 Å². The number of hydrogen-bond donors (Lipinski definition) is 1. The summed E-state index contributed by atoms with van der Waals surface area (Å²) in [7, 11) is 0. The van der Waals surface area contributed by atoms with Gasteiger partial charge in [0.2, 0.25) is 0 Å². The average Bonchev–Trinajstić information content (AvgIpc) is 2.84. The number of nitrogens with zero attached hydrogens (tertiary/aromatic N) is 1. The first-order chi connectivity index (χ1) is 8.69. The molecule has 0 aliphatic carbocycles. The lowest BCUT2D eigenvalue weighted by atomic mass is 10.1. The molecule has 0 aliphatic heterocycles. The third-order valence-corrected chi connectivity index (χ3v) is 3.67. The lowest BCUT2D eigenvalue weighted by molar-refractivity contribution is 0.198. The van der Waals surface area contributed by atoms with E-state index in [9.17, 15) is 5.11 Å². The molecule has 0 saturated heterocycles. The summed E-state index contributed by atoms with van der Waals surface area (Å²) in [5, 5.41) is 12.7. The van der Waals surface area contributed by atoms with E-state index in [4.69, 9.17) is 4.74 Å². The highest BCUT2D eigenvalue weighted by Gasteiger charge is 2.04. The Kier molecular flexibility index (Phi) is 4.33. The van der Waals surface area contributed by atoms with Gasteiger partial charge in [0, 0.05) is 5.38 Å². The van der Waals surface area contributed by atoms with E-state index in [1.54, 1.807) is 18.3 Å². The fourth-order valence-corrected chi connectivity index (χ4v) is 2.33. The molecular formula is C14H17NO2S. The number of rotatable bonds is 5. The molecule has 1 aromatic carbocycles. The SMILES string of the molecule is CCc1nc(COc2cccc(C(C)O)c2)cs1. The molecule has 3 nitrogen and oxygen atoms in total. The molecule has 2 rings (SSSR count). The first-order valence-corrected chi connectivity index (χ1v) is 6.91. The van der Waals surface area contributed by atoms with Gasteiger partial charge in [-0.1, -0.05) is 19.1 Å². The van der Waals surface area contributed by atoms with Gasteiger partial charge in [0.1, 0.15) is 12.4 Å². The third kappa shape index (κ3) is 3.31. The number of benzene rings is 1. The Labute approximate surface area is 111 Å². The van der Waals surface area contributed by atoms with Crippen LogP contribution in [0.15, 0.2) is 29.6 Å². The maximum Gasteiger partial charge on any atom is 0.131 e. The monoisotopic (exact) mass is 263 g/mol. The molecule has 0 bridgehead atoms. The van der Waals surface area contributed by atoms with Gasteiger partial charge in [-0.3, -0.25) is 0 Å². The fourth-order valence-electron chi connectivity index (χ4n) is 1.60. The maximum atomic E-state index is 9.50. The normalized spacial score (nSPS) is 12.4. The summed E-state index contributed by atoms with van der Waals surface area (Å²) in [6, 6.07) is 7.52. The Morgan fingerprint density at radius 1 is 1.44 bits per heavy atom. The zero-order chi connectivity index (χ0) is 13.0. The number of aliphatic hydroxyl groups excluding tert-OH is 1. The lowest BCUT2D eigenvalue weighted by Crippen LogP contribution is -1.97. The lowest BCUT2D eigenvalue weighted by Gasteiger charge is -2.08. The van der Waals surface area contributed by atoms with Crippen molar-refractivity contribution in [2.24, 2.45) is 0 Å². The van der Waals surface area contributed by atoms with Crippen molar-refractivity contribution in [3.05, 3.63) is 45.9 Å². The Bertz CT molecular complexity index is 508. The standard InChI is InChI=1S/C14H17NO2S/c1-3-14-15-12(9-18-14)8-17-13-6-4-5-11(7-13)10(2)16/h4-7,9-10,16H,3,8H2,1-2H3. The molecule has 0 fully saturated rings. The highest BCUT2D eigenvalue weighted by Crippen LogP contribution is 2.20. The van der Waals surface area contributed by atoms with E-state index in [1.165, 1.54) is 0 Å². The van der Waals surface area contributed by atoms with Gasteiger partial charge in [0.25, 0.3) is 0 Å². The van der Waals surface area contributed by atoms with E-state index in [0.29, 0.717) is 6.61 Å². The van der Waals surface area contributed by atoms with Crippen LogP contribution in [0.5, 0.6) is 5.75 Å². The summed E-state index contributed by atoms with van der Waals surface area (Å²) in [5.74, 6) is 0.763. The number of aliphatic hydroxyl groups is 1. The van der Waals surface area contributed by atoms with Crippen molar-refractivity contribution in [2.45, 2.75) is 33.0 Å². The highest BCUT2D eigenvalue weighted by atomic mass is 32.1. The minimum atomic E-state index is -0.473. The van der Waals surface area contributed by atoms with Crippen LogP contribution in [0.1, 0.15) is 36.2 Å². The summed E-state index contributed by atoms with van der Waals surface area (Å²) >= 11 is 1.66. The minimum Gasteiger partial charge on any atom is -0.487 e. The van der Waals surface area contributed by atoms with Gasteiger partial charge in [-0.25, -0.2) is 4.98 Å². The second kappa shape index (κ2) is 5.98. The van der Waals surface area contributed by atoms with Crippen LogP contribution >= 0.6 is 11.3 Å². The van der Waals surface area contributed by atoms with Gasteiger partial charge in [0.15, 0.2) is 0 Å².